The lowest BCUT2D eigenvalue weighted by Crippen LogP contribution is -2.45. The lowest BCUT2D eigenvalue weighted by molar-refractivity contribution is 0.107. The van der Waals surface area contributed by atoms with Gasteiger partial charge in [-0.3, -0.25) is 0 Å². The first-order chi connectivity index (χ1) is 5.04. The molecule has 0 atom stereocenters. The minimum absolute atomic E-state index is 0.133. The molecule has 0 amide bonds. The minimum Gasteiger partial charge on any atom is -0.393 e. The molecule has 0 aromatic heterocycles. The molecule has 1 aliphatic rings. The molecule has 64 valence electrons. The van der Waals surface area contributed by atoms with Gasteiger partial charge in [0.2, 0.25) is 0 Å². The van der Waals surface area contributed by atoms with Crippen molar-refractivity contribution in [3.8, 4) is 0 Å². The lowest BCUT2D eigenvalue weighted by atomic mass is 9.77. The summed E-state index contributed by atoms with van der Waals surface area (Å²) < 4.78 is 0. The molecule has 1 rings (SSSR count). The van der Waals surface area contributed by atoms with Crippen molar-refractivity contribution in [3.63, 3.8) is 0 Å². The highest BCUT2D eigenvalue weighted by molar-refractivity contribution is 5.14. The second-order valence-corrected chi connectivity index (χ2v) is 3.67. The van der Waals surface area contributed by atoms with E-state index in [0.29, 0.717) is 0 Å². The maximum Gasteiger partial charge on any atom is 0.0541 e. The first-order valence-corrected chi connectivity index (χ1v) is 4.17. The van der Waals surface area contributed by atoms with Crippen LogP contribution in [0.25, 0.3) is 0 Å². The average Bonchev–Trinajstić information content (AvgIpc) is 1.95. The fourth-order valence-corrected chi connectivity index (χ4v) is 1.54. The highest BCUT2D eigenvalue weighted by Crippen LogP contribution is 2.30. The summed E-state index contributed by atoms with van der Waals surface area (Å²) in [6.07, 6.45) is 3.27. The Morgan fingerprint density at radius 3 is 2.36 bits per heavy atom. The van der Waals surface area contributed by atoms with E-state index in [1.54, 1.807) is 0 Å². The Kier molecular flexibility index (Phi) is 2.35. The third-order valence-electron chi connectivity index (χ3n) is 2.70. The van der Waals surface area contributed by atoms with Crippen LogP contribution in [0.2, 0.25) is 0 Å². The van der Waals surface area contributed by atoms with E-state index in [0.717, 1.165) is 31.3 Å². The van der Waals surface area contributed by atoms with Crippen LogP contribution >= 0.6 is 0 Å². The second kappa shape index (κ2) is 2.95. The average molecular weight is 155 g/mol. The highest BCUT2D eigenvalue weighted by atomic mass is 16.3. The van der Waals surface area contributed by atoms with E-state index in [4.69, 9.17) is 5.73 Å². The Bertz CT molecular complexity index is 157. The quantitative estimate of drug-likeness (QED) is 0.559. The van der Waals surface area contributed by atoms with Crippen molar-refractivity contribution in [1.29, 1.82) is 0 Å². The van der Waals surface area contributed by atoms with Crippen molar-refractivity contribution in [1.82, 2.24) is 0 Å². The Hall–Kier alpha value is -0.340. The van der Waals surface area contributed by atoms with Gasteiger partial charge in [-0.15, -0.1) is 0 Å². The summed E-state index contributed by atoms with van der Waals surface area (Å²) in [5.74, 6) is 0. The maximum absolute atomic E-state index is 9.24. The molecule has 0 aromatic carbocycles. The van der Waals surface area contributed by atoms with Gasteiger partial charge in [0, 0.05) is 5.54 Å². The van der Waals surface area contributed by atoms with Crippen LogP contribution in [0.1, 0.15) is 32.6 Å². The van der Waals surface area contributed by atoms with Crippen LogP contribution < -0.4 is 5.73 Å². The van der Waals surface area contributed by atoms with E-state index >= 15 is 0 Å². The van der Waals surface area contributed by atoms with Gasteiger partial charge in [-0.05, 0) is 32.6 Å². The van der Waals surface area contributed by atoms with Crippen LogP contribution in [0.3, 0.4) is 0 Å². The summed E-state index contributed by atoms with van der Waals surface area (Å²) in [6, 6.07) is 0. The number of rotatable bonds is 1. The molecule has 2 heteroatoms. The van der Waals surface area contributed by atoms with Crippen molar-refractivity contribution in [2.24, 2.45) is 5.73 Å². The molecule has 1 saturated carbocycles. The van der Waals surface area contributed by atoms with Crippen molar-refractivity contribution in [2.45, 2.75) is 44.2 Å². The van der Waals surface area contributed by atoms with Gasteiger partial charge in [0.05, 0.1) is 6.10 Å². The van der Waals surface area contributed by atoms with E-state index in [9.17, 15) is 5.11 Å². The lowest BCUT2D eigenvalue weighted by Gasteiger charge is -2.36. The Labute approximate surface area is 68.1 Å². The predicted molar refractivity (Wildman–Crippen MR) is 46.2 cm³/mol. The molecule has 0 spiro atoms. The van der Waals surface area contributed by atoms with Crippen LogP contribution in [0.5, 0.6) is 0 Å². The molecule has 0 bridgehead atoms. The molecule has 0 aliphatic heterocycles. The molecule has 0 aromatic rings. The van der Waals surface area contributed by atoms with Gasteiger partial charge in [0.1, 0.15) is 0 Å². The molecule has 0 radical (unpaired) electrons. The topological polar surface area (TPSA) is 46.2 Å². The standard InChI is InChI=1S/C9H17NO/c1-7(2)9(10)5-3-8(11)4-6-9/h8,11H,1,3-6,10H2,2H3. The van der Waals surface area contributed by atoms with E-state index in [2.05, 4.69) is 6.58 Å². The molecule has 11 heavy (non-hydrogen) atoms. The zero-order chi connectivity index (χ0) is 8.48. The molecular weight excluding hydrogens is 138 g/mol. The predicted octanol–water partition coefficient (Wildman–Crippen LogP) is 1.19. The summed E-state index contributed by atoms with van der Waals surface area (Å²) in [7, 11) is 0. The molecule has 1 aliphatic carbocycles. The van der Waals surface area contributed by atoms with Crippen molar-refractivity contribution in [3.05, 3.63) is 12.2 Å². The van der Waals surface area contributed by atoms with Gasteiger partial charge >= 0.3 is 0 Å². The molecule has 1 fully saturated rings. The summed E-state index contributed by atoms with van der Waals surface area (Å²) in [5.41, 5.74) is 6.90. The molecular formula is C9H17NO. The zero-order valence-electron chi connectivity index (χ0n) is 7.14. The van der Waals surface area contributed by atoms with Crippen LogP contribution in [-0.4, -0.2) is 16.7 Å². The number of hydrogen-bond acceptors (Lipinski definition) is 2. The third-order valence-corrected chi connectivity index (χ3v) is 2.70. The Balaban J connectivity index is 2.55. The van der Waals surface area contributed by atoms with Gasteiger partial charge in [-0.25, -0.2) is 0 Å². The number of nitrogens with two attached hydrogens (primary N) is 1. The molecule has 0 unspecified atom stereocenters. The van der Waals surface area contributed by atoms with Gasteiger partial charge < -0.3 is 10.8 Å². The van der Waals surface area contributed by atoms with E-state index < -0.39 is 0 Å². The van der Waals surface area contributed by atoms with Gasteiger partial charge in [-0.1, -0.05) is 12.2 Å². The van der Waals surface area contributed by atoms with Gasteiger partial charge in [0.25, 0.3) is 0 Å². The third kappa shape index (κ3) is 1.82. The second-order valence-electron chi connectivity index (χ2n) is 3.67. The Morgan fingerprint density at radius 2 is 2.00 bits per heavy atom. The van der Waals surface area contributed by atoms with Crippen LogP contribution in [0.4, 0.5) is 0 Å². The van der Waals surface area contributed by atoms with Crippen LogP contribution in [-0.2, 0) is 0 Å². The SMILES string of the molecule is C=C(C)C1(N)CCC(O)CC1. The summed E-state index contributed by atoms with van der Waals surface area (Å²) in [5, 5.41) is 9.24. The molecule has 2 nitrogen and oxygen atoms in total. The summed E-state index contributed by atoms with van der Waals surface area (Å²) in [4.78, 5) is 0. The van der Waals surface area contributed by atoms with Crippen LogP contribution in [0.15, 0.2) is 12.2 Å². The van der Waals surface area contributed by atoms with E-state index in [-0.39, 0.29) is 11.6 Å². The first kappa shape index (κ1) is 8.75. The van der Waals surface area contributed by atoms with Crippen molar-refractivity contribution >= 4 is 0 Å². The van der Waals surface area contributed by atoms with Crippen molar-refractivity contribution in [2.75, 3.05) is 0 Å². The first-order valence-electron chi connectivity index (χ1n) is 4.17. The number of aliphatic hydroxyl groups excluding tert-OH is 1. The number of hydrogen-bond donors (Lipinski definition) is 2. The van der Waals surface area contributed by atoms with Crippen LogP contribution in [0, 0.1) is 0 Å². The molecule has 0 saturated heterocycles. The molecule has 3 N–H and O–H groups in total. The zero-order valence-corrected chi connectivity index (χ0v) is 7.14. The fourth-order valence-electron chi connectivity index (χ4n) is 1.54. The van der Waals surface area contributed by atoms with E-state index in [1.807, 2.05) is 6.92 Å². The highest BCUT2D eigenvalue weighted by Gasteiger charge is 2.31. The van der Waals surface area contributed by atoms with E-state index in [1.165, 1.54) is 0 Å². The van der Waals surface area contributed by atoms with Crippen molar-refractivity contribution < 1.29 is 5.11 Å². The molecule has 0 heterocycles. The smallest absolute Gasteiger partial charge is 0.0541 e. The largest absolute Gasteiger partial charge is 0.393 e. The normalized spacial score (nSPS) is 38.6. The summed E-state index contributed by atoms with van der Waals surface area (Å²) >= 11 is 0. The summed E-state index contributed by atoms with van der Waals surface area (Å²) in [6.45, 7) is 5.84. The van der Waals surface area contributed by atoms with Gasteiger partial charge in [-0.2, -0.15) is 0 Å². The minimum atomic E-state index is -0.195. The fraction of sp³-hybridized carbons (Fsp3) is 0.778. The van der Waals surface area contributed by atoms with Gasteiger partial charge in [0.15, 0.2) is 0 Å². The Morgan fingerprint density at radius 1 is 1.55 bits per heavy atom. The number of aliphatic hydroxyl groups is 1. The monoisotopic (exact) mass is 155 g/mol. The maximum atomic E-state index is 9.24.